The van der Waals surface area contributed by atoms with Crippen molar-refractivity contribution >= 4 is 22.6 Å². The Hall–Kier alpha value is -3.50. The average Bonchev–Trinajstić information content (AvgIpc) is 3.43. The van der Waals surface area contributed by atoms with Crippen molar-refractivity contribution in [2.24, 2.45) is 0 Å². The number of nitriles is 1. The quantitative estimate of drug-likeness (QED) is 0.442. The Morgan fingerprint density at radius 1 is 1.17 bits per heavy atom. The molecule has 1 unspecified atom stereocenters. The van der Waals surface area contributed by atoms with Crippen molar-refractivity contribution in [1.82, 2.24) is 9.88 Å². The van der Waals surface area contributed by atoms with Crippen LogP contribution < -0.4 is 15.4 Å². The second-order valence-corrected chi connectivity index (χ2v) is 9.75. The molecule has 1 atom stereocenters. The van der Waals surface area contributed by atoms with E-state index in [1.165, 1.54) is 6.42 Å². The van der Waals surface area contributed by atoms with Crippen LogP contribution in [0.5, 0.6) is 5.75 Å². The van der Waals surface area contributed by atoms with Crippen molar-refractivity contribution < 1.29 is 14.3 Å². The van der Waals surface area contributed by atoms with Crippen LogP contribution in [0.3, 0.4) is 0 Å². The van der Waals surface area contributed by atoms with Gasteiger partial charge >= 0.3 is 6.03 Å². The fraction of sp³-hybridized carbons (Fsp3) is 0.429. The van der Waals surface area contributed by atoms with Gasteiger partial charge in [-0.25, -0.2) is 4.79 Å². The fourth-order valence-electron chi connectivity index (χ4n) is 4.91. The molecule has 1 aromatic heterocycles. The summed E-state index contributed by atoms with van der Waals surface area (Å²) in [6, 6.07) is 16.4. The zero-order valence-corrected chi connectivity index (χ0v) is 20.3. The molecule has 2 aromatic carbocycles. The number of carbonyl (C=O) groups is 1. The first-order valence-electron chi connectivity index (χ1n) is 12.5. The summed E-state index contributed by atoms with van der Waals surface area (Å²) in [6.07, 6.45) is 5.66. The molecule has 2 aliphatic rings. The molecule has 2 amide bonds. The molecule has 7 heteroatoms. The molecular weight excluding hydrogens is 440 g/mol. The molecule has 2 N–H and O–H groups in total. The summed E-state index contributed by atoms with van der Waals surface area (Å²) in [5, 5.41) is 16.8. The predicted molar refractivity (Wildman–Crippen MR) is 137 cm³/mol. The minimum absolute atomic E-state index is 0.0604. The van der Waals surface area contributed by atoms with E-state index in [-0.39, 0.29) is 18.2 Å². The highest BCUT2D eigenvalue weighted by Gasteiger charge is 2.28. The van der Waals surface area contributed by atoms with Crippen molar-refractivity contribution in [3.05, 3.63) is 48.0 Å². The largest absolute Gasteiger partial charge is 0.491 e. The first kappa shape index (κ1) is 23.3. The maximum absolute atomic E-state index is 12.1. The van der Waals surface area contributed by atoms with E-state index < -0.39 is 0 Å². The Kier molecular flexibility index (Phi) is 6.65. The number of hydrogen-bond donors (Lipinski definition) is 2. The highest BCUT2D eigenvalue weighted by atomic mass is 16.5. The van der Waals surface area contributed by atoms with Gasteiger partial charge in [0.2, 0.25) is 0 Å². The molecular formula is C28H32N4O3. The minimum atomic E-state index is -0.232. The van der Waals surface area contributed by atoms with Gasteiger partial charge in [0.05, 0.1) is 22.9 Å². The molecule has 0 spiro atoms. The van der Waals surface area contributed by atoms with Crippen molar-refractivity contribution in [1.29, 1.82) is 5.26 Å². The van der Waals surface area contributed by atoms with Crippen LogP contribution in [0.2, 0.25) is 0 Å². The monoisotopic (exact) mass is 472 g/mol. The van der Waals surface area contributed by atoms with Gasteiger partial charge in [0.15, 0.2) is 0 Å². The Morgan fingerprint density at radius 2 is 1.97 bits per heavy atom. The molecule has 2 fully saturated rings. The lowest BCUT2D eigenvalue weighted by Gasteiger charge is -2.30. The molecule has 7 nitrogen and oxygen atoms in total. The first-order valence-corrected chi connectivity index (χ1v) is 12.5. The Balaban J connectivity index is 1.49. The molecule has 1 aliphatic carbocycles. The number of hydrogen-bond acceptors (Lipinski definition) is 4. The lowest BCUT2D eigenvalue weighted by atomic mass is 9.92. The molecule has 1 saturated carbocycles. The maximum Gasteiger partial charge on any atom is 0.319 e. The minimum Gasteiger partial charge on any atom is -0.491 e. The predicted octanol–water partition coefficient (Wildman–Crippen LogP) is 5.99. The number of urea groups is 1. The van der Waals surface area contributed by atoms with Crippen LogP contribution in [-0.2, 0) is 4.74 Å². The Labute approximate surface area is 206 Å². The number of aromatic nitrogens is 1. The van der Waals surface area contributed by atoms with Gasteiger partial charge in [-0.05, 0) is 75.8 Å². The van der Waals surface area contributed by atoms with E-state index in [0.717, 1.165) is 60.2 Å². The summed E-state index contributed by atoms with van der Waals surface area (Å²) >= 11 is 0. The van der Waals surface area contributed by atoms with Gasteiger partial charge in [-0.3, -0.25) is 0 Å². The summed E-state index contributed by atoms with van der Waals surface area (Å²) in [4.78, 5) is 12.1. The zero-order chi connectivity index (χ0) is 24.4. The number of benzene rings is 2. The summed E-state index contributed by atoms with van der Waals surface area (Å²) in [5.74, 6) is 0.804. The van der Waals surface area contributed by atoms with E-state index in [1.807, 2.05) is 50.2 Å². The lowest BCUT2D eigenvalue weighted by molar-refractivity contribution is 0.0680. The summed E-state index contributed by atoms with van der Waals surface area (Å²) in [6.45, 7) is 5.20. The molecule has 35 heavy (non-hydrogen) atoms. The molecule has 182 valence electrons. The summed E-state index contributed by atoms with van der Waals surface area (Å²) in [7, 11) is 0. The standard InChI is InChI=1S/C28H32N4O3/c1-18(2)30-28(33)31-20-10-8-19(9-11-20)27-25(16-29)24-13-12-22(35-17-23-7-4-14-34-23)15-26(24)32(27)21-5-3-6-21/h8-13,15,18,21,23H,3-7,14,17H2,1-2H3,(H2,30,31,33). The number of amides is 2. The van der Waals surface area contributed by atoms with Crippen LogP contribution in [0.25, 0.3) is 22.2 Å². The van der Waals surface area contributed by atoms with Gasteiger partial charge in [0, 0.05) is 35.8 Å². The van der Waals surface area contributed by atoms with Gasteiger partial charge in [-0.15, -0.1) is 0 Å². The summed E-state index contributed by atoms with van der Waals surface area (Å²) in [5.41, 5.74) is 4.31. The SMILES string of the molecule is CC(C)NC(=O)Nc1ccc(-c2c(C#N)c3ccc(OCC4CCCO4)cc3n2C2CCC2)cc1. The number of fused-ring (bicyclic) bond motifs is 1. The highest BCUT2D eigenvalue weighted by molar-refractivity contribution is 5.96. The second-order valence-electron chi connectivity index (χ2n) is 9.75. The van der Waals surface area contributed by atoms with Crippen LogP contribution in [0.15, 0.2) is 42.5 Å². The third-order valence-corrected chi connectivity index (χ3v) is 6.82. The van der Waals surface area contributed by atoms with Gasteiger partial charge < -0.3 is 24.7 Å². The Morgan fingerprint density at radius 3 is 2.60 bits per heavy atom. The molecule has 0 bridgehead atoms. The molecule has 1 saturated heterocycles. The third-order valence-electron chi connectivity index (χ3n) is 6.82. The Bertz CT molecular complexity index is 1250. The van der Waals surface area contributed by atoms with Gasteiger partial charge in [-0.2, -0.15) is 5.26 Å². The topological polar surface area (TPSA) is 88.3 Å². The van der Waals surface area contributed by atoms with Gasteiger partial charge in [-0.1, -0.05) is 12.1 Å². The van der Waals surface area contributed by atoms with Gasteiger partial charge in [0.25, 0.3) is 0 Å². The highest BCUT2D eigenvalue weighted by Crippen LogP contribution is 2.43. The van der Waals surface area contributed by atoms with Crippen LogP contribution in [0.1, 0.15) is 57.6 Å². The number of nitrogens with zero attached hydrogens (tertiary/aromatic N) is 2. The average molecular weight is 473 g/mol. The number of nitrogens with one attached hydrogen (secondary N) is 2. The van der Waals surface area contributed by atoms with Crippen molar-refractivity contribution in [2.45, 2.75) is 64.1 Å². The lowest BCUT2D eigenvalue weighted by Crippen LogP contribution is -2.34. The number of anilines is 1. The molecule has 2 heterocycles. The molecule has 5 rings (SSSR count). The molecule has 1 aliphatic heterocycles. The normalized spacial score (nSPS) is 17.8. The van der Waals surface area contributed by atoms with E-state index in [0.29, 0.717) is 23.9 Å². The van der Waals surface area contributed by atoms with Crippen molar-refractivity contribution in [2.75, 3.05) is 18.5 Å². The molecule has 0 radical (unpaired) electrons. The molecule has 3 aromatic rings. The van der Waals surface area contributed by atoms with E-state index in [1.54, 1.807) is 0 Å². The van der Waals surface area contributed by atoms with Gasteiger partial charge in [0.1, 0.15) is 18.4 Å². The van der Waals surface area contributed by atoms with Crippen molar-refractivity contribution in [3.63, 3.8) is 0 Å². The number of ether oxygens (including phenoxy) is 2. The smallest absolute Gasteiger partial charge is 0.319 e. The van der Waals surface area contributed by atoms with E-state index in [4.69, 9.17) is 9.47 Å². The third kappa shape index (κ3) is 4.85. The van der Waals surface area contributed by atoms with E-state index in [2.05, 4.69) is 27.3 Å². The van der Waals surface area contributed by atoms with Crippen LogP contribution in [-0.4, -0.2) is 36.0 Å². The van der Waals surface area contributed by atoms with Crippen molar-refractivity contribution in [3.8, 4) is 23.1 Å². The zero-order valence-electron chi connectivity index (χ0n) is 20.3. The maximum atomic E-state index is 12.1. The van der Waals surface area contributed by atoms with E-state index >= 15 is 0 Å². The summed E-state index contributed by atoms with van der Waals surface area (Å²) < 4.78 is 14.1. The second kappa shape index (κ2) is 10.0. The number of rotatable bonds is 7. The van der Waals surface area contributed by atoms with Crippen LogP contribution in [0.4, 0.5) is 10.5 Å². The van der Waals surface area contributed by atoms with Crippen LogP contribution in [0, 0.1) is 11.3 Å². The van der Waals surface area contributed by atoms with Crippen LogP contribution >= 0.6 is 0 Å². The number of carbonyl (C=O) groups excluding carboxylic acids is 1. The fourth-order valence-corrected chi connectivity index (χ4v) is 4.91. The van der Waals surface area contributed by atoms with E-state index in [9.17, 15) is 10.1 Å². The first-order chi connectivity index (χ1) is 17.0.